The number of halogens is 2. The number of hydrogen-bond acceptors (Lipinski definition) is 3. The molecule has 0 spiro atoms. The Labute approximate surface area is 134 Å². The molecule has 1 unspecified atom stereocenters. The molecule has 0 heterocycles. The Hall–Kier alpha value is -0.650. The third-order valence-electron chi connectivity index (χ3n) is 4.79. The first-order chi connectivity index (χ1) is 10.6. The van der Waals surface area contributed by atoms with Crippen LogP contribution in [0, 0.1) is 0 Å². The van der Waals surface area contributed by atoms with Crippen LogP contribution < -0.4 is 5.32 Å². The van der Waals surface area contributed by atoms with E-state index in [0.29, 0.717) is 28.7 Å². The molecule has 0 amide bonds. The van der Waals surface area contributed by atoms with Crippen LogP contribution >= 0.6 is 11.8 Å². The van der Waals surface area contributed by atoms with Crippen molar-refractivity contribution in [3.8, 4) is 0 Å². The van der Waals surface area contributed by atoms with Crippen LogP contribution in [0.15, 0.2) is 23.1 Å². The summed E-state index contributed by atoms with van der Waals surface area (Å²) in [4.78, 5) is 0.662. The summed E-state index contributed by atoms with van der Waals surface area (Å²) in [6.07, 6.45) is 6.84. The molecular weight excluding hydrogens is 304 g/mol. The number of aliphatic hydroxyl groups excluding tert-OH is 1. The van der Waals surface area contributed by atoms with Gasteiger partial charge in [0.25, 0.3) is 5.76 Å². The van der Waals surface area contributed by atoms with Gasteiger partial charge in [-0.05, 0) is 68.2 Å². The van der Waals surface area contributed by atoms with Crippen molar-refractivity contribution in [1.82, 2.24) is 5.32 Å². The number of hydrogen-bond donors (Lipinski definition) is 2. The normalized spacial score (nSPS) is 28.6. The first kappa shape index (κ1) is 16.2. The Kier molecular flexibility index (Phi) is 5.37. The zero-order valence-corrected chi connectivity index (χ0v) is 13.4. The SMILES string of the molecule is OC1CCC(NC2CCCc3cc(SC(F)F)ccc32)CC1. The van der Waals surface area contributed by atoms with Crippen LogP contribution in [0.25, 0.3) is 0 Å². The van der Waals surface area contributed by atoms with Crippen LogP contribution in [-0.4, -0.2) is 23.0 Å². The van der Waals surface area contributed by atoms with Crippen molar-refractivity contribution < 1.29 is 13.9 Å². The van der Waals surface area contributed by atoms with E-state index in [9.17, 15) is 13.9 Å². The molecule has 0 saturated heterocycles. The smallest absolute Gasteiger partial charge is 0.288 e. The lowest BCUT2D eigenvalue weighted by atomic mass is 9.85. The highest BCUT2D eigenvalue weighted by molar-refractivity contribution is 7.99. The minimum atomic E-state index is -2.36. The molecule has 2 aliphatic carbocycles. The molecule has 2 N–H and O–H groups in total. The van der Waals surface area contributed by atoms with Gasteiger partial charge in [0.1, 0.15) is 0 Å². The average molecular weight is 327 g/mol. The maximum atomic E-state index is 12.5. The highest BCUT2D eigenvalue weighted by Crippen LogP contribution is 2.35. The quantitative estimate of drug-likeness (QED) is 0.810. The molecule has 1 aromatic rings. The summed E-state index contributed by atoms with van der Waals surface area (Å²) >= 11 is 0.627. The monoisotopic (exact) mass is 327 g/mol. The molecule has 0 aliphatic heterocycles. The van der Waals surface area contributed by atoms with Gasteiger partial charge in [0.05, 0.1) is 6.10 Å². The molecule has 1 aromatic carbocycles. The van der Waals surface area contributed by atoms with Crippen molar-refractivity contribution in [3.63, 3.8) is 0 Å². The van der Waals surface area contributed by atoms with Crippen molar-refractivity contribution in [2.45, 2.75) is 73.8 Å². The second-order valence-corrected chi connectivity index (χ2v) is 7.42. The Balaban J connectivity index is 1.68. The molecule has 1 fully saturated rings. The lowest BCUT2D eigenvalue weighted by molar-refractivity contribution is 0.113. The molecule has 0 bridgehead atoms. The molecule has 122 valence electrons. The number of alkyl halides is 2. The summed E-state index contributed by atoms with van der Waals surface area (Å²) in [5.74, 6) is -2.36. The minimum Gasteiger partial charge on any atom is -0.393 e. The Morgan fingerprint density at radius 2 is 1.91 bits per heavy atom. The molecule has 3 rings (SSSR count). The molecule has 2 aliphatic rings. The van der Waals surface area contributed by atoms with Crippen molar-refractivity contribution >= 4 is 11.8 Å². The van der Waals surface area contributed by atoms with Gasteiger partial charge in [-0.15, -0.1) is 0 Å². The number of nitrogens with one attached hydrogen (secondary N) is 1. The number of aliphatic hydroxyl groups is 1. The Morgan fingerprint density at radius 3 is 2.64 bits per heavy atom. The zero-order valence-electron chi connectivity index (χ0n) is 12.6. The van der Waals surface area contributed by atoms with Gasteiger partial charge in [-0.25, -0.2) is 0 Å². The number of thioether (sulfide) groups is 1. The standard InChI is InChI=1S/C17H23F2NOS/c18-17(19)22-14-8-9-15-11(10-14)2-1-3-16(15)20-12-4-6-13(21)7-5-12/h8-10,12-13,16-17,20-21H,1-7H2. The van der Waals surface area contributed by atoms with E-state index in [1.54, 1.807) is 0 Å². The molecular formula is C17H23F2NOS. The van der Waals surface area contributed by atoms with E-state index in [2.05, 4.69) is 5.32 Å². The molecule has 1 atom stereocenters. The zero-order chi connectivity index (χ0) is 15.5. The van der Waals surface area contributed by atoms with E-state index < -0.39 is 5.76 Å². The topological polar surface area (TPSA) is 32.3 Å². The second kappa shape index (κ2) is 7.28. The Bertz CT molecular complexity index is 503. The largest absolute Gasteiger partial charge is 0.393 e. The average Bonchev–Trinajstić information content (AvgIpc) is 2.49. The predicted octanol–water partition coefficient (Wildman–Crippen LogP) is 4.27. The first-order valence-electron chi connectivity index (χ1n) is 8.13. The van der Waals surface area contributed by atoms with Gasteiger partial charge < -0.3 is 10.4 Å². The second-order valence-electron chi connectivity index (χ2n) is 6.36. The fourth-order valence-electron chi connectivity index (χ4n) is 3.67. The first-order valence-corrected chi connectivity index (χ1v) is 9.01. The van der Waals surface area contributed by atoms with Gasteiger partial charge in [-0.2, -0.15) is 8.78 Å². The van der Waals surface area contributed by atoms with Crippen molar-refractivity contribution in [2.75, 3.05) is 0 Å². The highest BCUT2D eigenvalue weighted by Gasteiger charge is 2.26. The maximum Gasteiger partial charge on any atom is 0.288 e. The lowest BCUT2D eigenvalue weighted by Gasteiger charge is -2.33. The van der Waals surface area contributed by atoms with Crippen LogP contribution in [0.1, 0.15) is 55.7 Å². The van der Waals surface area contributed by atoms with Crippen LogP contribution in [0.2, 0.25) is 0 Å². The fraction of sp³-hybridized carbons (Fsp3) is 0.647. The third-order valence-corrected chi connectivity index (χ3v) is 5.49. The molecule has 0 radical (unpaired) electrons. The van der Waals surface area contributed by atoms with E-state index in [4.69, 9.17) is 0 Å². The van der Waals surface area contributed by atoms with E-state index in [-0.39, 0.29) is 6.10 Å². The summed E-state index contributed by atoms with van der Waals surface area (Å²) in [7, 11) is 0. The van der Waals surface area contributed by atoms with E-state index in [1.807, 2.05) is 18.2 Å². The van der Waals surface area contributed by atoms with Gasteiger partial charge in [-0.1, -0.05) is 17.8 Å². The maximum absolute atomic E-state index is 12.5. The van der Waals surface area contributed by atoms with Gasteiger partial charge in [-0.3, -0.25) is 0 Å². The van der Waals surface area contributed by atoms with E-state index in [1.165, 1.54) is 11.1 Å². The summed E-state index contributed by atoms with van der Waals surface area (Å²) in [6.45, 7) is 0. The molecule has 1 saturated carbocycles. The number of rotatable bonds is 4. The van der Waals surface area contributed by atoms with Gasteiger partial charge in [0, 0.05) is 17.0 Å². The number of fused-ring (bicyclic) bond motifs is 1. The van der Waals surface area contributed by atoms with Crippen molar-refractivity contribution in [3.05, 3.63) is 29.3 Å². The Morgan fingerprint density at radius 1 is 1.14 bits per heavy atom. The summed E-state index contributed by atoms with van der Waals surface area (Å²) in [5.41, 5.74) is 2.49. The molecule has 5 heteroatoms. The van der Waals surface area contributed by atoms with Crippen LogP contribution in [0.4, 0.5) is 8.78 Å². The van der Waals surface area contributed by atoms with Crippen molar-refractivity contribution in [2.24, 2.45) is 0 Å². The third kappa shape index (κ3) is 4.00. The molecule has 22 heavy (non-hydrogen) atoms. The fourth-order valence-corrected chi connectivity index (χ4v) is 4.23. The van der Waals surface area contributed by atoms with E-state index >= 15 is 0 Å². The van der Waals surface area contributed by atoms with Crippen molar-refractivity contribution in [1.29, 1.82) is 0 Å². The molecule has 0 aromatic heterocycles. The summed E-state index contributed by atoms with van der Waals surface area (Å²) in [5, 5.41) is 13.3. The van der Waals surface area contributed by atoms with Crippen LogP contribution in [0.3, 0.4) is 0 Å². The van der Waals surface area contributed by atoms with Gasteiger partial charge in [0.15, 0.2) is 0 Å². The van der Waals surface area contributed by atoms with Gasteiger partial charge in [0.2, 0.25) is 0 Å². The lowest BCUT2D eigenvalue weighted by Crippen LogP contribution is -2.38. The predicted molar refractivity (Wildman–Crippen MR) is 85.4 cm³/mol. The van der Waals surface area contributed by atoms with Crippen LogP contribution in [0.5, 0.6) is 0 Å². The minimum absolute atomic E-state index is 0.134. The summed E-state index contributed by atoms with van der Waals surface area (Å²) < 4.78 is 25.0. The summed E-state index contributed by atoms with van der Waals surface area (Å²) in [6, 6.07) is 6.57. The number of benzene rings is 1. The highest BCUT2D eigenvalue weighted by atomic mass is 32.2. The number of aryl methyl sites for hydroxylation is 1. The van der Waals surface area contributed by atoms with E-state index in [0.717, 1.165) is 44.9 Å². The molecule has 2 nitrogen and oxygen atoms in total. The van der Waals surface area contributed by atoms with Crippen LogP contribution in [-0.2, 0) is 6.42 Å². The van der Waals surface area contributed by atoms with Gasteiger partial charge >= 0.3 is 0 Å².